The average Bonchev–Trinajstić information content (AvgIpc) is 3.25. The molecule has 0 radical (unpaired) electrons. The maximum atomic E-state index is 14.7. The molecule has 0 atom stereocenters. The van der Waals surface area contributed by atoms with Crippen LogP contribution in [0.1, 0.15) is 27.2 Å². The van der Waals surface area contributed by atoms with Crippen molar-refractivity contribution in [2.75, 3.05) is 31.6 Å². The molecule has 0 spiro atoms. The van der Waals surface area contributed by atoms with Gasteiger partial charge in [0.25, 0.3) is 5.91 Å². The lowest BCUT2D eigenvalue weighted by Gasteiger charge is -2.20. The average molecular weight is 534 g/mol. The largest absolute Gasteiger partial charge is 0.395 e. The lowest BCUT2D eigenvalue weighted by molar-refractivity contribution is 0.0685. The van der Waals surface area contributed by atoms with E-state index in [1.54, 1.807) is 54.6 Å². The Bertz CT molecular complexity index is 1500. The van der Waals surface area contributed by atoms with Gasteiger partial charge in [-0.1, -0.05) is 29.8 Å². The summed E-state index contributed by atoms with van der Waals surface area (Å²) < 4.78 is 14.7. The number of nitrogens with one attached hydrogen (secondary N) is 2. The maximum absolute atomic E-state index is 14.7. The van der Waals surface area contributed by atoms with Gasteiger partial charge in [-0.3, -0.25) is 9.79 Å². The Balaban J connectivity index is 1.42. The van der Waals surface area contributed by atoms with Gasteiger partial charge in [-0.25, -0.2) is 9.37 Å². The van der Waals surface area contributed by atoms with E-state index in [0.717, 1.165) is 11.3 Å². The van der Waals surface area contributed by atoms with Crippen LogP contribution in [-0.2, 0) is 6.54 Å². The molecule has 1 aliphatic rings. The van der Waals surface area contributed by atoms with E-state index >= 15 is 0 Å². The van der Waals surface area contributed by atoms with E-state index in [0.29, 0.717) is 44.8 Å². The van der Waals surface area contributed by atoms with Crippen LogP contribution in [0.15, 0.2) is 71.7 Å². The van der Waals surface area contributed by atoms with E-state index in [1.807, 2.05) is 6.07 Å². The van der Waals surface area contributed by atoms with Crippen LogP contribution in [0.5, 0.6) is 0 Å². The molecule has 38 heavy (non-hydrogen) atoms. The van der Waals surface area contributed by atoms with E-state index in [1.165, 1.54) is 11.0 Å². The SMILES string of the molecule is O=C(c1ccc(Nc2nc3c([nH]2)CN=C(c2ccccc2F)c2cc(Cl)ccc2-3)cc1)N(CCO)CCO. The first kappa shape index (κ1) is 25.6. The summed E-state index contributed by atoms with van der Waals surface area (Å²) in [5, 5.41) is 22.1. The number of aliphatic imine (C=N–C) groups is 1. The van der Waals surface area contributed by atoms with Gasteiger partial charge in [0.2, 0.25) is 5.95 Å². The minimum absolute atomic E-state index is 0.144. The van der Waals surface area contributed by atoms with E-state index in [2.05, 4.69) is 10.3 Å². The molecule has 8 nitrogen and oxygen atoms in total. The summed E-state index contributed by atoms with van der Waals surface area (Å²) in [5.41, 5.74) is 4.97. The maximum Gasteiger partial charge on any atom is 0.254 e. The molecular weight excluding hydrogens is 509 g/mol. The molecule has 0 aliphatic carbocycles. The van der Waals surface area contributed by atoms with Gasteiger partial charge in [0.05, 0.1) is 36.9 Å². The molecule has 0 bridgehead atoms. The van der Waals surface area contributed by atoms with E-state index in [9.17, 15) is 19.4 Å². The highest BCUT2D eigenvalue weighted by Crippen LogP contribution is 2.34. The summed E-state index contributed by atoms with van der Waals surface area (Å²) in [7, 11) is 0. The van der Waals surface area contributed by atoms with Gasteiger partial charge < -0.3 is 25.4 Å². The number of aromatic amines is 1. The predicted octanol–water partition coefficient (Wildman–Crippen LogP) is 4.39. The highest BCUT2D eigenvalue weighted by Gasteiger charge is 2.24. The highest BCUT2D eigenvalue weighted by atomic mass is 35.5. The number of nitrogens with zero attached hydrogens (tertiary/aromatic N) is 3. The zero-order chi connectivity index (χ0) is 26.6. The predicted molar refractivity (Wildman–Crippen MR) is 145 cm³/mol. The van der Waals surface area contributed by atoms with Crippen LogP contribution in [-0.4, -0.2) is 63.0 Å². The molecule has 0 saturated carbocycles. The summed E-state index contributed by atoms with van der Waals surface area (Å²) in [6.07, 6.45) is 0. The molecule has 194 valence electrons. The van der Waals surface area contributed by atoms with Crippen molar-refractivity contribution in [1.29, 1.82) is 0 Å². The number of amides is 1. The third-order valence-electron chi connectivity index (χ3n) is 6.22. The first-order valence-corrected chi connectivity index (χ1v) is 12.4. The van der Waals surface area contributed by atoms with Gasteiger partial charge in [0.1, 0.15) is 5.82 Å². The van der Waals surface area contributed by atoms with Crippen molar-refractivity contribution in [3.05, 3.63) is 100.0 Å². The number of halogens is 2. The monoisotopic (exact) mass is 533 g/mol. The fraction of sp³-hybridized carbons (Fsp3) is 0.179. The lowest BCUT2D eigenvalue weighted by Crippen LogP contribution is -2.35. The first-order chi connectivity index (χ1) is 18.5. The number of benzene rings is 3. The number of hydrogen-bond acceptors (Lipinski definition) is 6. The van der Waals surface area contributed by atoms with Crippen LogP contribution in [0.3, 0.4) is 0 Å². The second-order valence-electron chi connectivity index (χ2n) is 8.69. The Morgan fingerprint density at radius 3 is 2.45 bits per heavy atom. The van der Waals surface area contributed by atoms with Gasteiger partial charge in [-0.2, -0.15) is 0 Å². The van der Waals surface area contributed by atoms with Gasteiger partial charge in [-0.05, 0) is 48.5 Å². The molecule has 0 fully saturated rings. The standard InChI is InChI=1S/C28H25ClFN5O3/c29-18-7-10-20-22(15-18)25(21-3-1-2-4-23(21)30)31-16-24-26(20)34-28(33-24)32-19-8-5-17(6-9-19)27(38)35(11-13-36)12-14-37/h1-10,15,36-37H,11-14,16H2,(H2,32,33,34). The molecule has 3 aromatic carbocycles. The second kappa shape index (κ2) is 11.1. The highest BCUT2D eigenvalue weighted by molar-refractivity contribution is 6.31. The third-order valence-corrected chi connectivity index (χ3v) is 6.45. The normalized spacial score (nSPS) is 12.3. The summed E-state index contributed by atoms with van der Waals surface area (Å²) in [5.74, 6) is -0.152. The molecule has 0 unspecified atom stereocenters. The summed E-state index contributed by atoms with van der Waals surface area (Å²) in [4.78, 5) is 26.8. The molecule has 5 rings (SSSR count). The summed E-state index contributed by atoms with van der Waals surface area (Å²) >= 11 is 6.31. The number of fused-ring (bicyclic) bond motifs is 3. The molecule has 1 amide bonds. The van der Waals surface area contributed by atoms with Crippen molar-refractivity contribution in [2.45, 2.75) is 6.54 Å². The van der Waals surface area contributed by atoms with E-state index < -0.39 is 0 Å². The Morgan fingerprint density at radius 2 is 1.74 bits per heavy atom. The molecule has 2 heterocycles. The Labute approximate surface area is 223 Å². The summed E-state index contributed by atoms with van der Waals surface area (Å²) in [6.45, 7) is 0.181. The van der Waals surface area contributed by atoms with Gasteiger partial charge >= 0.3 is 0 Å². The number of aliphatic hydroxyl groups is 2. The molecular formula is C28H25ClFN5O3. The molecule has 4 N–H and O–H groups in total. The first-order valence-electron chi connectivity index (χ1n) is 12.0. The molecule has 10 heteroatoms. The van der Waals surface area contributed by atoms with Crippen LogP contribution in [0.2, 0.25) is 5.02 Å². The Morgan fingerprint density at radius 1 is 1.00 bits per heavy atom. The van der Waals surface area contributed by atoms with Crippen molar-refractivity contribution in [2.24, 2.45) is 4.99 Å². The van der Waals surface area contributed by atoms with Gasteiger partial charge in [-0.15, -0.1) is 0 Å². The van der Waals surface area contributed by atoms with Crippen molar-refractivity contribution < 1.29 is 19.4 Å². The summed E-state index contributed by atoms with van der Waals surface area (Å²) in [6, 6.07) is 18.7. The van der Waals surface area contributed by atoms with Crippen molar-refractivity contribution in [3.63, 3.8) is 0 Å². The second-order valence-corrected chi connectivity index (χ2v) is 9.13. The molecule has 1 aromatic heterocycles. The van der Waals surface area contributed by atoms with Crippen LogP contribution in [0, 0.1) is 5.82 Å². The fourth-order valence-corrected chi connectivity index (χ4v) is 4.60. The number of aromatic nitrogens is 2. The van der Waals surface area contributed by atoms with E-state index in [-0.39, 0.29) is 44.6 Å². The van der Waals surface area contributed by atoms with Crippen LogP contribution < -0.4 is 5.32 Å². The minimum atomic E-state index is -0.365. The van der Waals surface area contributed by atoms with Crippen molar-refractivity contribution in [1.82, 2.24) is 14.9 Å². The van der Waals surface area contributed by atoms with Crippen LogP contribution in [0.4, 0.5) is 16.0 Å². The zero-order valence-electron chi connectivity index (χ0n) is 20.3. The van der Waals surface area contributed by atoms with Gasteiger partial charge in [0, 0.05) is 46.1 Å². The topological polar surface area (TPSA) is 114 Å². The molecule has 4 aromatic rings. The number of carbonyl (C=O) groups is 1. The smallest absolute Gasteiger partial charge is 0.254 e. The minimum Gasteiger partial charge on any atom is -0.395 e. The molecule has 1 aliphatic heterocycles. The number of anilines is 2. The van der Waals surface area contributed by atoms with Crippen molar-refractivity contribution in [3.8, 4) is 11.3 Å². The number of aliphatic hydroxyl groups excluding tert-OH is 2. The number of H-pyrrole nitrogens is 1. The number of rotatable bonds is 8. The quantitative estimate of drug-likeness (QED) is 0.268. The van der Waals surface area contributed by atoms with Crippen molar-refractivity contribution >= 4 is 34.9 Å². The van der Waals surface area contributed by atoms with E-state index in [4.69, 9.17) is 21.6 Å². The molecule has 0 saturated heterocycles. The Kier molecular flexibility index (Phi) is 7.50. The van der Waals surface area contributed by atoms with Crippen LogP contribution >= 0.6 is 11.6 Å². The fourth-order valence-electron chi connectivity index (χ4n) is 4.42. The zero-order valence-corrected chi connectivity index (χ0v) is 21.0. The number of hydrogen-bond donors (Lipinski definition) is 4. The van der Waals surface area contributed by atoms with Gasteiger partial charge in [0.15, 0.2) is 0 Å². The third kappa shape index (κ3) is 5.17. The Hall–Kier alpha value is -4.05. The lowest BCUT2D eigenvalue weighted by atomic mass is 9.96. The number of carbonyl (C=O) groups excluding carboxylic acids is 1. The van der Waals surface area contributed by atoms with Crippen LogP contribution in [0.25, 0.3) is 11.3 Å². The number of imidazole rings is 1.